The molecule has 124 valence electrons. The summed E-state index contributed by atoms with van der Waals surface area (Å²) < 4.78 is 18.5. The number of methoxy groups -OCH3 is 1. The molecule has 4 nitrogen and oxygen atoms in total. The molecule has 0 spiro atoms. The second kappa shape index (κ2) is 7.79. The lowest BCUT2D eigenvalue weighted by Gasteiger charge is -2.37. The Morgan fingerprint density at radius 2 is 2.23 bits per heavy atom. The van der Waals surface area contributed by atoms with Gasteiger partial charge in [-0.2, -0.15) is 0 Å². The molecule has 2 rings (SSSR count). The molecule has 1 fully saturated rings. The van der Waals surface area contributed by atoms with E-state index >= 15 is 0 Å². The molecule has 0 saturated heterocycles. The highest BCUT2D eigenvalue weighted by atomic mass is 35.5. The van der Waals surface area contributed by atoms with Crippen molar-refractivity contribution in [2.24, 2.45) is 11.7 Å². The van der Waals surface area contributed by atoms with Crippen LogP contribution in [0.15, 0.2) is 18.2 Å². The van der Waals surface area contributed by atoms with E-state index in [0.29, 0.717) is 12.1 Å². The van der Waals surface area contributed by atoms with Crippen LogP contribution < -0.4 is 15.8 Å². The zero-order chi connectivity index (χ0) is 15.5. The van der Waals surface area contributed by atoms with Gasteiger partial charge in [-0.3, -0.25) is 4.79 Å². The highest BCUT2D eigenvalue weighted by Crippen LogP contribution is 2.31. The quantitative estimate of drug-likeness (QED) is 0.892. The first-order chi connectivity index (χ1) is 9.94. The zero-order valence-corrected chi connectivity index (χ0v) is 13.8. The molecule has 22 heavy (non-hydrogen) atoms. The van der Waals surface area contributed by atoms with E-state index in [0.717, 1.165) is 25.7 Å². The number of nitrogens with one attached hydrogen (secondary N) is 1. The topological polar surface area (TPSA) is 64.3 Å². The van der Waals surface area contributed by atoms with E-state index in [2.05, 4.69) is 5.32 Å². The van der Waals surface area contributed by atoms with Crippen LogP contribution in [-0.2, 0) is 11.3 Å². The Balaban J connectivity index is 0.00000242. The lowest BCUT2D eigenvalue weighted by Crippen LogP contribution is -2.52. The predicted octanol–water partition coefficient (Wildman–Crippen LogP) is 2.78. The Bertz CT molecular complexity index is 523. The average Bonchev–Trinajstić information content (AvgIpc) is 2.44. The molecule has 2 atom stereocenters. The summed E-state index contributed by atoms with van der Waals surface area (Å²) in [5, 5.41) is 2.86. The van der Waals surface area contributed by atoms with Gasteiger partial charge < -0.3 is 15.8 Å². The molecule has 0 heterocycles. The fourth-order valence-electron chi connectivity index (χ4n) is 2.92. The van der Waals surface area contributed by atoms with E-state index in [4.69, 9.17) is 10.5 Å². The lowest BCUT2D eigenvalue weighted by atomic mass is 9.74. The van der Waals surface area contributed by atoms with Crippen LogP contribution in [0.2, 0.25) is 0 Å². The number of carbonyl (C=O) groups excluding carboxylic acids is 1. The second-order valence-corrected chi connectivity index (χ2v) is 5.99. The smallest absolute Gasteiger partial charge is 0.225 e. The molecule has 0 aliphatic heterocycles. The number of rotatable bonds is 4. The third-order valence-corrected chi connectivity index (χ3v) is 4.25. The molecule has 1 aliphatic carbocycles. The van der Waals surface area contributed by atoms with Crippen LogP contribution in [0.1, 0.15) is 38.2 Å². The first kappa shape index (κ1) is 18.7. The second-order valence-electron chi connectivity index (χ2n) is 5.99. The van der Waals surface area contributed by atoms with Gasteiger partial charge in [0.05, 0.1) is 13.0 Å². The summed E-state index contributed by atoms with van der Waals surface area (Å²) in [6.07, 6.45) is 3.78. The van der Waals surface area contributed by atoms with E-state index in [9.17, 15) is 9.18 Å². The minimum atomic E-state index is -0.451. The maximum absolute atomic E-state index is 13.6. The van der Waals surface area contributed by atoms with Gasteiger partial charge in [-0.05, 0) is 37.5 Å². The number of halogens is 2. The molecule has 1 aromatic carbocycles. The minimum absolute atomic E-state index is 0. The van der Waals surface area contributed by atoms with Crippen molar-refractivity contribution in [1.29, 1.82) is 0 Å². The van der Waals surface area contributed by atoms with Gasteiger partial charge in [0.2, 0.25) is 5.91 Å². The molecular formula is C16H24ClFN2O2. The first-order valence-corrected chi connectivity index (χ1v) is 7.33. The van der Waals surface area contributed by atoms with E-state index in [-0.39, 0.29) is 30.0 Å². The maximum atomic E-state index is 13.6. The zero-order valence-electron chi connectivity index (χ0n) is 13.0. The largest absolute Gasteiger partial charge is 0.494 e. The van der Waals surface area contributed by atoms with Crippen LogP contribution in [0.4, 0.5) is 4.39 Å². The molecule has 2 unspecified atom stereocenters. The fourth-order valence-corrected chi connectivity index (χ4v) is 2.92. The normalized spacial score (nSPS) is 24.3. The minimum Gasteiger partial charge on any atom is -0.494 e. The highest BCUT2D eigenvalue weighted by Gasteiger charge is 2.37. The Kier molecular flexibility index (Phi) is 6.63. The molecule has 3 N–H and O–H groups in total. The van der Waals surface area contributed by atoms with Crippen molar-refractivity contribution in [3.63, 3.8) is 0 Å². The van der Waals surface area contributed by atoms with Crippen LogP contribution >= 0.6 is 12.4 Å². The number of benzene rings is 1. The van der Waals surface area contributed by atoms with Gasteiger partial charge in [-0.15, -0.1) is 12.4 Å². The summed E-state index contributed by atoms with van der Waals surface area (Å²) in [6.45, 7) is 2.23. The van der Waals surface area contributed by atoms with Crippen molar-refractivity contribution >= 4 is 18.3 Å². The standard InChI is InChI=1S/C16H23FN2O2.ClH/c1-16(18)8-4-3-5-12(16)15(20)19-10-11-6-7-14(21-2)13(17)9-11;/h6-7,9,12H,3-5,8,10,18H2,1-2H3,(H,19,20);1H. The van der Waals surface area contributed by atoms with E-state index in [1.54, 1.807) is 12.1 Å². The van der Waals surface area contributed by atoms with Gasteiger partial charge in [-0.25, -0.2) is 4.39 Å². The number of hydrogen-bond acceptors (Lipinski definition) is 3. The summed E-state index contributed by atoms with van der Waals surface area (Å²) in [7, 11) is 1.42. The van der Waals surface area contributed by atoms with Crippen LogP contribution in [-0.4, -0.2) is 18.6 Å². The van der Waals surface area contributed by atoms with Crippen LogP contribution in [0.25, 0.3) is 0 Å². The molecule has 0 radical (unpaired) electrons. The molecule has 1 aliphatic rings. The van der Waals surface area contributed by atoms with Crippen molar-refractivity contribution in [3.05, 3.63) is 29.6 Å². The maximum Gasteiger partial charge on any atom is 0.225 e. The SMILES string of the molecule is COc1ccc(CNC(=O)C2CCCCC2(C)N)cc1F.Cl. The fraction of sp³-hybridized carbons (Fsp3) is 0.562. The highest BCUT2D eigenvalue weighted by molar-refractivity contribution is 5.85. The Morgan fingerprint density at radius 1 is 1.50 bits per heavy atom. The molecule has 0 aromatic heterocycles. The van der Waals surface area contributed by atoms with Crippen molar-refractivity contribution in [3.8, 4) is 5.75 Å². The number of amides is 1. The van der Waals surface area contributed by atoms with Crippen LogP contribution in [0.3, 0.4) is 0 Å². The molecule has 1 aromatic rings. The van der Waals surface area contributed by atoms with Crippen LogP contribution in [0.5, 0.6) is 5.75 Å². The van der Waals surface area contributed by atoms with Crippen molar-refractivity contribution in [2.45, 2.75) is 44.7 Å². The number of ether oxygens (including phenoxy) is 1. The lowest BCUT2D eigenvalue weighted by molar-refractivity contribution is -0.128. The van der Waals surface area contributed by atoms with Gasteiger partial charge in [0.25, 0.3) is 0 Å². The van der Waals surface area contributed by atoms with Gasteiger partial charge in [0, 0.05) is 12.1 Å². The third-order valence-electron chi connectivity index (χ3n) is 4.25. The van der Waals surface area contributed by atoms with Crippen molar-refractivity contribution in [2.75, 3.05) is 7.11 Å². The van der Waals surface area contributed by atoms with Gasteiger partial charge in [0.15, 0.2) is 11.6 Å². The molecule has 6 heteroatoms. The monoisotopic (exact) mass is 330 g/mol. The van der Waals surface area contributed by atoms with E-state index < -0.39 is 11.4 Å². The summed E-state index contributed by atoms with van der Waals surface area (Å²) in [4.78, 5) is 12.3. The average molecular weight is 331 g/mol. The van der Waals surface area contributed by atoms with Gasteiger partial charge >= 0.3 is 0 Å². The van der Waals surface area contributed by atoms with E-state index in [1.165, 1.54) is 13.2 Å². The molecular weight excluding hydrogens is 307 g/mol. The van der Waals surface area contributed by atoms with Gasteiger partial charge in [-0.1, -0.05) is 18.9 Å². The summed E-state index contributed by atoms with van der Waals surface area (Å²) >= 11 is 0. The number of carbonyl (C=O) groups is 1. The number of hydrogen-bond donors (Lipinski definition) is 2. The summed E-state index contributed by atoms with van der Waals surface area (Å²) in [6, 6.07) is 4.68. The Labute approximate surface area is 137 Å². The van der Waals surface area contributed by atoms with Crippen molar-refractivity contribution in [1.82, 2.24) is 5.32 Å². The van der Waals surface area contributed by atoms with Gasteiger partial charge in [0.1, 0.15) is 0 Å². The molecule has 1 saturated carbocycles. The Morgan fingerprint density at radius 3 is 2.82 bits per heavy atom. The molecule has 1 amide bonds. The van der Waals surface area contributed by atoms with E-state index in [1.807, 2.05) is 6.92 Å². The predicted molar refractivity (Wildman–Crippen MR) is 86.6 cm³/mol. The first-order valence-electron chi connectivity index (χ1n) is 7.33. The summed E-state index contributed by atoms with van der Waals surface area (Å²) in [5.74, 6) is -0.442. The Hall–Kier alpha value is -1.33. The molecule has 0 bridgehead atoms. The van der Waals surface area contributed by atoms with Crippen molar-refractivity contribution < 1.29 is 13.9 Å². The van der Waals surface area contributed by atoms with Crippen LogP contribution in [0, 0.1) is 11.7 Å². The third kappa shape index (κ3) is 4.34. The summed E-state index contributed by atoms with van der Waals surface area (Å²) in [5.41, 5.74) is 6.47. The number of nitrogens with two attached hydrogens (primary N) is 1.